The average Bonchev–Trinajstić information content (AvgIpc) is 2.69. The maximum Gasteiger partial charge on any atom is 0.257 e. The van der Waals surface area contributed by atoms with E-state index in [1.165, 1.54) is 29.6 Å². The Morgan fingerprint density at radius 1 is 1.11 bits per heavy atom. The maximum atomic E-state index is 12.8. The lowest BCUT2D eigenvalue weighted by Gasteiger charge is -2.26. The van der Waals surface area contributed by atoms with Crippen molar-refractivity contribution in [2.24, 2.45) is 0 Å². The van der Waals surface area contributed by atoms with Gasteiger partial charge in [0.15, 0.2) is 0 Å². The second-order valence-electron chi connectivity index (χ2n) is 6.29. The van der Waals surface area contributed by atoms with Gasteiger partial charge in [-0.2, -0.15) is 4.31 Å². The van der Waals surface area contributed by atoms with Crippen LogP contribution < -0.4 is 10.1 Å². The normalized spacial score (nSPS) is 15.3. The van der Waals surface area contributed by atoms with Gasteiger partial charge in [-0.05, 0) is 43.2 Å². The molecular formula is C19H21ClN2O4S. The highest BCUT2D eigenvalue weighted by Crippen LogP contribution is 2.26. The number of sulfonamides is 1. The lowest BCUT2D eigenvalue weighted by molar-refractivity contribution is 0.102. The number of carbonyl (C=O) groups excluding carboxylic acids is 1. The first-order valence-corrected chi connectivity index (χ1v) is 10.5. The number of hydrogen-bond acceptors (Lipinski definition) is 4. The summed E-state index contributed by atoms with van der Waals surface area (Å²) in [5, 5.41) is 2.91. The zero-order chi connectivity index (χ0) is 19.4. The fraction of sp³-hybridized carbons (Fsp3) is 0.316. The smallest absolute Gasteiger partial charge is 0.257 e. The van der Waals surface area contributed by atoms with Gasteiger partial charge >= 0.3 is 0 Å². The monoisotopic (exact) mass is 408 g/mol. The molecule has 1 fully saturated rings. The van der Waals surface area contributed by atoms with Crippen LogP contribution in [0.1, 0.15) is 29.6 Å². The quantitative estimate of drug-likeness (QED) is 0.816. The van der Waals surface area contributed by atoms with Gasteiger partial charge in [0.25, 0.3) is 5.91 Å². The van der Waals surface area contributed by atoms with E-state index < -0.39 is 15.9 Å². The molecule has 1 saturated heterocycles. The Balaban J connectivity index is 1.87. The van der Waals surface area contributed by atoms with Crippen LogP contribution in [0.3, 0.4) is 0 Å². The fourth-order valence-corrected chi connectivity index (χ4v) is 4.74. The van der Waals surface area contributed by atoms with Gasteiger partial charge in [-0.25, -0.2) is 8.42 Å². The summed E-state index contributed by atoms with van der Waals surface area (Å²) in [6, 6.07) is 11.1. The molecule has 0 atom stereocenters. The van der Waals surface area contributed by atoms with Crippen molar-refractivity contribution in [3.05, 3.63) is 53.1 Å². The van der Waals surface area contributed by atoms with Gasteiger partial charge in [-0.1, -0.05) is 24.1 Å². The maximum absolute atomic E-state index is 12.8. The van der Waals surface area contributed by atoms with Crippen LogP contribution in [0.5, 0.6) is 5.75 Å². The number of halogens is 1. The molecule has 8 heteroatoms. The van der Waals surface area contributed by atoms with Crippen LogP contribution in [0.2, 0.25) is 5.02 Å². The molecule has 1 amide bonds. The Hall–Kier alpha value is -2.09. The number of methoxy groups -OCH3 is 1. The minimum absolute atomic E-state index is 0.0737. The van der Waals surface area contributed by atoms with E-state index in [1.807, 2.05) is 0 Å². The van der Waals surface area contributed by atoms with Crippen molar-refractivity contribution < 1.29 is 17.9 Å². The molecule has 3 rings (SSSR count). The molecule has 1 heterocycles. The molecule has 0 aromatic heterocycles. The number of anilines is 1. The van der Waals surface area contributed by atoms with Crippen molar-refractivity contribution in [1.82, 2.24) is 4.31 Å². The molecule has 144 valence electrons. The molecule has 1 N–H and O–H groups in total. The van der Waals surface area contributed by atoms with Crippen molar-refractivity contribution in [3.63, 3.8) is 0 Å². The highest BCUT2D eigenvalue weighted by Gasteiger charge is 2.27. The molecule has 6 nitrogen and oxygen atoms in total. The van der Waals surface area contributed by atoms with Gasteiger partial charge < -0.3 is 10.1 Å². The zero-order valence-electron chi connectivity index (χ0n) is 14.9. The molecule has 0 saturated carbocycles. The summed E-state index contributed by atoms with van der Waals surface area (Å²) in [5.74, 6) is 0.115. The molecule has 2 aromatic carbocycles. The Bertz CT molecular complexity index is 940. The Kier molecular flexibility index (Phi) is 6.04. The number of amides is 1. The van der Waals surface area contributed by atoms with Crippen molar-refractivity contribution in [2.45, 2.75) is 24.2 Å². The van der Waals surface area contributed by atoms with Crippen molar-refractivity contribution >= 4 is 33.2 Å². The molecule has 0 radical (unpaired) electrons. The summed E-state index contributed by atoms with van der Waals surface area (Å²) < 4.78 is 32.3. The van der Waals surface area contributed by atoms with Crippen LogP contribution in [-0.4, -0.2) is 38.8 Å². The summed E-state index contributed by atoms with van der Waals surface area (Å²) in [5.41, 5.74) is 0.636. The van der Waals surface area contributed by atoms with E-state index >= 15 is 0 Å². The largest absolute Gasteiger partial charge is 0.497 e. The molecule has 0 unspecified atom stereocenters. The first-order valence-electron chi connectivity index (χ1n) is 8.67. The lowest BCUT2D eigenvalue weighted by Crippen LogP contribution is -2.35. The topological polar surface area (TPSA) is 75.7 Å². The highest BCUT2D eigenvalue weighted by atomic mass is 35.5. The van der Waals surface area contributed by atoms with Crippen LogP contribution in [0.4, 0.5) is 5.69 Å². The molecule has 0 bridgehead atoms. The van der Waals surface area contributed by atoms with Gasteiger partial charge in [-0.15, -0.1) is 0 Å². The van der Waals surface area contributed by atoms with Gasteiger partial charge in [0.05, 0.1) is 22.6 Å². The van der Waals surface area contributed by atoms with E-state index in [0.29, 0.717) is 24.5 Å². The van der Waals surface area contributed by atoms with E-state index in [9.17, 15) is 13.2 Å². The first-order chi connectivity index (χ1) is 12.9. The molecule has 27 heavy (non-hydrogen) atoms. The number of carbonyl (C=O) groups is 1. The van der Waals surface area contributed by atoms with Crippen LogP contribution >= 0.6 is 11.6 Å². The van der Waals surface area contributed by atoms with Crippen LogP contribution in [0, 0.1) is 0 Å². The molecule has 1 aliphatic rings. The van der Waals surface area contributed by atoms with Crippen molar-refractivity contribution in [1.29, 1.82) is 0 Å². The Morgan fingerprint density at radius 2 is 1.85 bits per heavy atom. The van der Waals surface area contributed by atoms with Gasteiger partial charge in [0.1, 0.15) is 5.75 Å². The second-order valence-corrected chi connectivity index (χ2v) is 8.64. The Labute approximate surface area is 164 Å². The summed E-state index contributed by atoms with van der Waals surface area (Å²) in [4.78, 5) is 12.7. The minimum atomic E-state index is -3.64. The van der Waals surface area contributed by atoms with Gasteiger partial charge in [-0.3, -0.25) is 4.79 Å². The number of benzene rings is 2. The third kappa shape index (κ3) is 4.43. The number of piperidine rings is 1. The third-order valence-electron chi connectivity index (χ3n) is 4.46. The van der Waals surface area contributed by atoms with E-state index in [-0.39, 0.29) is 15.5 Å². The molecule has 1 aliphatic heterocycles. The molecule has 2 aromatic rings. The highest BCUT2D eigenvalue weighted by molar-refractivity contribution is 7.89. The number of nitrogens with one attached hydrogen (secondary N) is 1. The zero-order valence-corrected chi connectivity index (χ0v) is 16.5. The average molecular weight is 409 g/mol. The van der Waals surface area contributed by atoms with Gasteiger partial charge in [0.2, 0.25) is 10.0 Å². The molecule has 0 aliphatic carbocycles. The second kappa shape index (κ2) is 8.29. The summed E-state index contributed by atoms with van der Waals surface area (Å²) in [7, 11) is -2.11. The third-order valence-corrected chi connectivity index (χ3v) is 6.69. The van der Waals surface area contributed by atoms with Crippen LogP contribution in [0.15, 0.2) is 47.4 Å². The predicted octanol–water partition coefficient (Wildman–Crippen LogP) is 3.78. The number of hydrogen-bond donors (Lipinski definition) is 1. The summed E-state index contributed by atoms with van der Waals surface area (Å²) in [6.07, 6.45) is 2.72. The lowest BCUT2D eigenvalue weighted by atomic mass is 10.2. The molecular weight excluding hydrogens is 388 g/mol. The van der Waals surface area contributed by atoms with E-state index in [0.717, 1.165) is 19.3 Å². The van der Waals surface area contributed by atoms with E-state index in [1.54, 1.807) is 24.3 Å². The summed E-state index contributed by atoms with van der Waals surface area (Å²) in [6.45, 7) is 0.993. The minimum Gasteiger partial charge on any atom is -0.497 e. The fourth-order valence-electron chi connectivity index (χ4n) is 2.99. The van der Waals surface area contributed by atoms with Crippen molar-refractivity contribution in [3.8, 4) is 5.75 Å². The SMILES string of the molecule is COc1cccc(NC(=O)c2cc(S(=O)(=O)N3CCCCC3)ccc2Cl)c1. The van der Waals surface area contributed by atoms with E-state index in [2.05, 4.69) is 5.32 Å². The first kappa shape index (κ1) is 19.7. The van der Waals surface area contributed by atoms with Crippen LogP contribution in [0.25, 0.3) is 0 Å². The standard InChI is InChI=1S/C19H21ClN2O4S/c1-26-15-7-5-6-14(12-15)21-19(23)17-13-16(8-9-18(17)20)27(24,25)22-10-3-2-4-11-22/h5-9,12-13H,2-4,10-11H2,1H3,(H,21,23). The van der Waals surface area contributed by atoms with E-state index in [4.69, 9.17) is 16.3 Å². The number of ether oxygens (including phenoxy) is 1. The molecule has 0 spiro atoms. The Morgan fingerprint density at radius 3 is 2.56 bits per heavy atom. The van der Waals surface area contributed by atoms with Crippen molar-refractivity contribution in [2.75, 3.05) is 25.5 Å². The number of rotatable bonds is 5. The van der Waals surface area contributed by atoms with Gasteiger partial charge in [0, 0.05) is 24.8 Å². The number of nitrogens with zero attached hydrogens (tertiary/aromatic N) is 1. The van der Waals surface area contributed by atoms with Crippen LogP contribution in [-0.2, 0) is 10.0 Å². The predicted molar refractivity (Wildman–Crippen MR) is 105 cm³/mol. The summed E-state index contributed by atoms with van der Waals surface area (Å²) >= 11 is 6.16.